The summed E-state index contributed by atoms with van der Waals surface area (Å²) >= 11 is 0. The Bertz CT molecular complexity index is 774. The van der Waals surface area contributed by atoms with Crippen molar-refractivity contribution in [3.63, 3.8) is 0 Å². The lowest BCUT2D eigenvalue weighted by atomic mass is 10.1. The number of amides is 1. The summed E-state index contributed by atoms with van der Waals surface area (Å²) in [5.41, 5.74) is 3.37. The van der Waals surface area contributed by atoms with Crippen LogP contribution < -0.4 is 5.32 Å². The molecule has 0 aliphatic carbocycles. The number of rotatable bonds is 7. The van der Waals surface area contributed by atoms with E-state index in [4.69, 9.17) is 9.26 Å². The van der Waals surface area contributed by atoms with Gasteiger partial charge in [-0.3, -0.25) is 9.78 Å². The van der Waals surface area contributed by atoms with Gasteiger partial charge in [-0.05, 0) is 56.9 Å². The molecule has 2 aromatic heterocycles. The van der Waals surface area contributed by atoms with Crippen LogP contribution in [0.25, 0.3) is 12.2 Å². The maximum Gasteiger partial charge on any atom is 0.253 e. The predicted octanol–water partition coefficient (Wildman–Crippen LogP) is 3.80. The molecule has 6 heteroatoms. The summed E-state index contributed by atoms with van der Waals surface area (Å²) in [7, 11) is 0. The summed E-state index contributed by atoms with van der Waals surface area (Å²) in [5.74, 6) is 0.728. The molecule has 0 aromatic carbocycles. The number of aryl methyl sites for hydroxylation is 2. The molecular formula is C21H27N3O3. The van der Waals surface area contributed by atoms with Crippen molar-refractivity contribution >= 4 is 18.1 Å². The molecule has 144 valence electrons. The third-order valence-electron chi connectivity index (χ3n) is 4.78. The minimum absolute atomic E-state index is 0.0818. The summed E-state index contributed by atoms with van der Waals surface area (Å²) in [6.07, 6.45) is 10.4. The van der Waals surface area contributed by atoms with Gasteiger partial charge in [0.05, 0.1) is 17.0 Å². The minimum Gasteiger partial charge on any atom is -0.381 e. The van der Waals surface area contributed by atoms with Crippen molar-refractivity contribution in [2.75, 3.05) is 13.2 Å². The number of ether oxygens (including phenoxy) is 1. The molecule has 0 spiro atoms. The zero-order valence-corrected chi connectivity index (χ0v) is 16.0. The van der Waals surface area contributed by atoms with E-state index in [2.05, 4.69) is 22.4 Å². The Hall–Kier alpha value is -2.47. The molecule has 6 nitrogen and oxygen atoms in total. The van der Waals surface area contributed by atoms with Gasteiger partial charge in [-0.1, -0.05) is 18.5 Å². The number of hydrogen-bond acceptors (Lipinski definition) is 5. The van der Waals surface area contributed by atoms with Crippen LogP contribution in [-0.4, -0.2) is 35.3 Å². The second-order valence-corrected chi connectivity index (χ2v) is 6.87. The van der Waals surface area contributed by atoms with Crippen molar-refractivity contribution in [3.05, 3.63) is 46.6 Å². The van der Waals surface area contributed by atoms with Gasteiger partial charge in [0.1, 0.15) is 5.76 Å². The highest BCUT2D eigenvalue weighted by Gasteiger charge is 2.17. The van der Waals surface area contributed by atoms with Crippen molar-refractivity contribution in [1.29, 1.82) is 0 Å². The van der Waals surface area contributed by atoms with Crippen LogP contribution in [0.1, 0.15) is 65.7 Å². The van der Waals surface area contributed by atoms with E-state index in [1.807, 2.05) is 25.1 Å². The van der Waals surface area contributed by atoms with Crippen LogP contribution in [0.4, 0.5) is 0 Å². The predicted molar refractivity (Wildman–Crippen MR) is 104 cm³/mol. The van der Waals surface area contributed by atoms with Gasteiger partial charge in [-0.25, -0.2) is 0 Å². The lowest BCUT2D eigenvalue weighted by Gasteiger charge is -2.23. The molecular weight excluding hydrogens is 342 g/mol. The second-order valence-electron chi connectivity index (χ2n) is 6.87. The number of carbonyl (C=O) groups excluding carboxylic acids is 1. The Balaban J connectivity index is 1.63. The number of nitrogens with one attached hydrogen (secondary N) is 1. The molecule has 0 saturated carbocycles. The van der Waals surface area contributed by atoms with E-state index in [1.165, 1.54) is 0 Å². The summed E-state index contributed by atoms with van der Waals surface area (Å²) < 4.78 is 10.6. The Morgan fingerprint density at radius 2 is 2.11 bits per heavy atom. The lowest BCUT2D eigenvalue weighted by Crippen LogP contribution is -2.38. The molecule has 0 unspecified atom stereocenters. The Kier molecular flexibility index (Phi) is 6.76. The van der Waals surface area contributed by atoms with Gasteiger partial charge >= 0.3 is 0 Å². The first-order valence-electron chi connectivity index (χ1n) is 9.65. The van der Waals surface area contributed by atoms with Crippen molar-refractivity contribution < 1.29 is 14.1 Å². The fraction of sp³-hybridized carbons (Fsp3) is 0.476. The largest absolute Gasteiger partial charge is 0.381 e. The molecule has 0 atom stereocenters. The molecule has 1 fully saturated rings. The first-order valence-corrected chi connectivity index (χ1v) is 9.65. The van der Waals surface area contributed by atoms with Crippen molar-refractivity contribution in [2.45, 2.75) is 52.0 Å². The number of hydrogen-bond donors (Lipinski definition) is 1. The van der Waals surface area contributed by atoms with E-state index in [-0.39, 0.29) is 11.9 Å². The van der Waals surface area contributed by atoms with Crippen LogP contribution in [0.3, 0.4) is 0 Å². The van der Waals surface area contributed by atoms with Crippen LogP contribution >= 0.6 is 0 Å². The monoisotopic (exact) mass is 369 g/mol. The van der Waals surface area contributed by atoms with E-state index in [0.29, 0.717) is 18.8 Å². The number of carbonyl (C=O) groups is 1. The number of pyridine rings is 1. The van der Waals surface area contributed by atoms with Crippen molar-refractivity contribution in [2.24, 2.45) is 0 Å². The van der Waals surface area contributed by atoms with Gasteiger partial charge in [0.15, 0.2) is 0 Å². The summed E-state index contributed by atoms with van der Waals surface area (Å²) in [6, 6.07) is 3.84. The summed E-state index contributed by atoms with van der Waals surface area (Å²) in [4.78, 5) is 16.7. The van der Waals surface area contributed by atoms with E-state index in [1.54, 1.807) is 12.3 Å². The average Bonchev–Trinajstić information content (AvgIpc) is 3.05. The molecule has 3 heterocycles. The van der Waals surface area contributed by atoms with Crippen LogP contribution in [0.2, 0.25) is 0 Å². The highest BCUT2D eigenvalue weighted by atomic mass is 16.5. The van der Waals surface area contributed by atoms with E-state index in [9.17, 15) is 4.79 Å². The number of unbranched alkanes of at least 4 members (excludes halogenated alkanes) is 1. The molecule has 0 bridgehead atoms. The topological polar surface area (TPSA) is 77.2 Å². The molecule has 0 radical (unpaired) electrons. The second kappa shape index (κ2) is 9.46. The summed E-state index contributed by atoms with van der Waals surface area (Å²) in [5, 5.41) is 7.20. The van der Waals surface area contributed by atoms with Crippen LogP contribution in [0.15, 0.2) is 22.9 Å². The maximum atomic E-state index is 12.3. The average molecular weight is 369 g/mol. The highest BCUT2D eigenvalue weighted by molar-refractivity contribution is 5.94. The molecule has 1 saturated heterocycles. The Morgan fingerprint density at radius 3 is 2.81 bits per heavy atom. The molecule has 1 aliphatic heterocycles. The van der Waals surface area contributed by atoms with Gasteiger partial charge in [0.2, 0.25) is 0 Å². The molecule has 1 amide bonds. The van der Waals surface area contributed by atoms with E-state index >= 15 is 0 Å². The zero-order chi connectivity index (χ0) is 19.1. The van der Waals surface area contributed by atoms with Crippen LogP contribution in [-0.2, 0) is 11.2 Å². The molecule has 1 aliphatic rings. The van der Waals surface area contributed by atoms with Gasteiger partial charge in [0.25, 0.3) is 5.91 Å². The van der Waals surface area contributed by atoms with Crippen molar-refractivity contribution in [1.82, 2.24) is 15.5 Å². The SMILES string of the molecule is CCCCc1noc(C)c1C=Cc1ccc(C(=O)NC2CCOCC2)cn1. The van der Waals surface area contributed by atoms with E-state index in [0.717, 1.165) is 54.8 Å². The van der Waals surface area contributed by atoms with Crippen LogP contribution in [0.5, 0.6) is 0 Å². The normalized spacial score (nSPS) is 15.3. The molecule has 3 rings (SSSR count). The van der Waals surface area contributed by atoms with E-state index < -0.39 is 0 Å². The molecule has 27 heavy (non-hydrogen) atoms. The lowest BCUT2D eigenvalue weighted by molar-refractivity contribution is 0.0696. The fourth-order valence-corrected chi connectivity index (χ4v) is 3.08. The number of nitrogens with zero attached hydrogens (tertiary/aromatic N) is 2. The number of aromatic nitrogens is 2. The molecule has 1 N–H and O–H groups in total. The van der Waals surface area contributed by atoms with Gasteiger partial charge in [-0.15, -0.1) is 0 Å². The first kappa shape index (κ1) is 19.3. The van der Waals surface area contributed by atoms with Crippen LogP contribution in [0, 0.1) is 6.92 Å². The fourth-order valence-electron chi connectivity index (χ4n) is 3.08. The minimum atomic E-state index is -0.0818. The third-order valence-corrected chi connectivity index (χ3v) is 4.78. The first-order chi connectivity index (χ1) is 13.2. The van der Waals surface area contributed by atoms with Crippen molar-refractivity contribution in [3.8, 4) is 0 Å². The quantitative estimate of drug-likeness (QED) is 0.803. The van der Waals surface area contributed by atoms with Gasteiger partial charge < -0.3 is 14.6 Å². The third kappa shape index (κ3) is 5.26. The highest BCUT2D eigenvalue weighted by Crippen LogP contribution is 2.19. The maximum absolute atomic E-state index is 12.3. The summed E-state index contributed by atoms with van der Waals surface area (Å²) in [6.45, 7) is 5.48. The Labute approximate surface area is 160 Å². The molecule has 2 aromatic rings. The smallest absolute Gasteiger partial charge is 0.253 e. The van der Waals surface area contributed by atoms with Gasteiger partial charge in [-0.2, -0.15) is 0 Å². The standard InChI is InChI=1S/C21H27N3O3/c1-3-4-5-20-19(15(2)27-24-20)9-8-17-7-6-16(14-22-17)21(25)23-18-10-12-26-13-11-18/h6-9,14,18H,3-5,10-13H2,1-2H3,(H,23,25). The van der Waals surface area contributed by atoms with Gasteiger partial charge in [0, 0.05) is 31.0 Å². The zero-order valence-electron chi connectivity index (χ0n) is 16.0. The Morgan fingerprint density at radius 1 is 1.30 bits per heavy atom.